The van der Waals surface area contributed by atoms with Gasteiger partial charge in [-0.25, -0.2) is 9.78 Å². The molecule has 0 bridgehead atoms. The number of carbonyl (C=O) groups excluding carboxylic acids is 1. The minimum absolute atomic E-state index is 0.447. The lowest BCUT2D eigenvalue weighted by atomic mass is 10.1. The summed E-state index contributed by atoms with van der Waals surface area (Å²) < 4.78 is 5.26. The molecular formula is C22H33N5O2S. The summed E-state index contributed by atoms with van der Waals surface area (Å²) in [6.07, 6.45) is 2.40. The van der Waals surface area contributed by atoms with Gasteiger partial charge < -0.3 is 15.4 Å². The van der Waals surface area contributed by atoms with Crippen molar-refractivity contribution in [2.75, 3.05) is 25.5 Å². The van der Waals surface area contributed by atoms with Crippen LogP contribution in [0.25, 0.3) is 0 Å². The van der Waals surface area contributed by atoms with Crippen molar-refractivity contribution in [3.63, 3.8) is 0 Å². The van der Waals surface area contributed by atoms with Crippen LogP contribution in [0.3, 0.4) is 0 Å². The van der Waals surface area contributed by atoms with Gasteiger partial charge in [0, 0.05) is 43.3 Å². The molecule has 2 aromatic rings. The van der Waals surface area contributed by atoms with E-state index in [2.05, 4.69) is 31.3 Å². The van der Waals surface area contributed by atoms with Crippen LogP contribution in [0, 0.1) is 6.92 Å². The Morgan fingerprint density at radius 2 is 1.83 bits per heavy atom. The van der Waals surface area contributed by atoms with Crippen LogP contribution < -0.4 is 16.0 Å². The van der Waals surface area contributed by atoms with Crippen molar-refractivity contribution in [3.8, 4) is 0 Å². The molecule has 0 fully saturated rings. The minimum Gasteiger partial charge on any atom is -0.444 e. The highest BCUT2D eigenvalue weighted by molar-refractivity contribution is 7.09. The Balaban J connectivity index is 1.66. The Kier molecular flexibility index (Phi) is 9.11. The Morgan fingerprint density at radius 1 is 1.13 bits per heavy atom. The van der Waals surface area contributed by atoms with Crippen LogP contribution in [0.1, 0.15) is 43.5 Å². The zero-order valence-corrected chi connectivity index (χ0v) is 19.4. The van der Waals surface area contributed by atoms with Crippen molar-refractivity contribution in [1.82, 2.24) is 15.6 Å². The third kappa shape index (κ3) is 9.26. The normalized spacial score (nSPS) is 11.8. The number of aliphatic imine (C=N–C) groups is 1. The number of benzene rings is 1. The summed E-state index contributed by atoms with van der Waals surface area (Å²) in [6, 6.07) is 7.76. The molecule has 0 unspecified atom stereocenters. The summed E-state index contributed by atoms with van der Waals surface area (Å²) in [5.41, 5.74) is 2.47. The van der Waals surface area contributed by atoms with Gasteiger partial charge in [0.25, 0.3) is 0 Å². The highest BCUT2D eigenvalue weighted by Gasteiger charge is 2.16. The molecule has 0 aliphatic carbocycles. The summed E-state index contributed by atoms with van der Waals surface area (Å²) in [5.74, 6) is 0.800. The second-order valence-electron chi connectivity index (χ2n) is 7.99. The zero-order valence-electron chi connectivity index (χ0n) is 18.5. The summed E-state index contributed by atoms with van der Waals surface area (Å²) in [4.78, 5) is 20.6. The highest BCUT2D eigenvalue weighted by Crippen LogP contribution is 2.13. The Morgan fingerprint density at radius 3 is 2.43 bits per heavy atom. The van der Waals surface area contributed by atoms with E-state index >= 15 is 0 Å². The van der Waals surface area contributed by atoms with Crippen molar-refractivity contribution < 1.29 is 9.53 Å². The van der Waals surface area contributed by atoms with E-state index in [1.54, 1.807) is 18.4 Å². The fraction of sp³-hybridized carbons (Fsp3) is 0.500. The lowest BCUT2D eigenvalue weighted by Gasteiger charge is -2.19. The summed E-state index contributed by atoms with van der Waals surface area (Å²) in [6.45, 7) is 9.16. The molecular weight excluding hydrogens is 398 g/mol. The zero-order chi connectivity index (χ0) is 22.0. The monoisotopic (exact) mass is 431 g/mol. The van der Waals surface area contributed by atoms with Gasteiger partial charge in [0.15, 0.2) is 5.96 Å². The van der Waals surface area contributed by atoms with E-state index in [1.807, 2.05) is 52.0 Å². The molecule has 0 spiro atoms. The number of aryl methyl sites for hydroxylation is 2. The number of nitrogens with zero attached hydrogens (tertiary/aromatic N) is 2. The van der Waals surface area contributed by atoms with Gasteiger partial charge in [0.1, 0.15) is 5.60 Å². The molecule has 8 heteroatoms. The van der Waals surface area contributed by atoms with Gasteiger partial charge in [-0.3, -0.25) is 10.3 Å². The smallest absolute Gasteiger partial charge is 0.412 e. The molecule has 1 aromatic heterocycles. The number of hydrogen-bond donors (Lipinski definition) is 3. The van der Waals surface area contributed by atoms with Crippen molar-refractivity contribution in [2.24, 2.45) is 4.99 Å². The maximum absolute atomic E-state index is 11.8. The van der Waals surface area contributed by atoms with Crippen LogP contribution in [0.5, 0.6) is 0 Å². The third-order valence-electron chi connectivity index (χ3n) is 4.06. The van der Waals surface area contributed by atoms with Gasteiger partial charge in [-0.05, 0) is 58.2 Å². The van der Waals surface area contributed by atoms with Crippen molar-refractivity contribution >= 4 is 29.1 Å². The van der Waals surface area contributed by atoms with Crippen LogP contribution in [0.4, 0.5) is 10.5 Å². The van der Waals surface area contributed by atoms with Gasteiger partial charge >= 0.3 is 6.09 Å². The number of nitrogens with one attached hydrogen (secondary N) is 3. The number of amides is 1. The van der Waals surface area contributed by atoms with Gasteiger partial charge in [0.2, 0.25) is 0 Å². The first-order valence-electron chi connectivity index (χ1n) is 10.2. The Bertz CT molecular complexity index is 825. The molecule has 2 rings (SSSR count). The first-order valence-corrected chi connectivity index (χ1v) is 11.1. The topological polar surface area (TPSA) is 87.6 Å². The predicted molar refractivity (Wildman–Crippen MR) is 125 cm³/mol. The van der Waals surface area contributed by atoms with Crippen LogP contribution >= 0.6 is 11.3 Å². The molecule has 30 heavy (non-hydrogen) atoms. The lowest BCUT2D eigenvalue weighted by Crippen LogP contribution is -2.38. The standard InChI is InChI=1S/C22H33N5O2S/c1-16-15-30-19(26-16)7-6-13-24-20(23-5)25-14-12-17-8-10-18(11-9-17)27-21(28)29-22(2,3)4/h8-11,15H,6-7,12-14H2,1-5H3,(H,27,28)(H2,23,24,25). The SMILES string of the molecule is CN=C(NCCCc1nc(C)cs1)NCCc1ccc(NC(=O)OC(C)(C)C)cc1. The number of guanidine groups is 1. The van der Waals surface area contributed by atoms with E-state index in [-0.39, 0.29) is 0 Å². The average Bonchev–Trinajstić information content (AvgIpc) is 3.08. The number of rotatable bonds is 8. The molecule has 0 saturated heterocycles. The number of hydrogen-bond acceptors (Lipinski definition) is 5. The molecule has 7 nitrogen and oxygen atoms in total. The molecule has 0 saturated carbocycles. The van der Waals surface area contributed by atoms with Crippen molar-refractivity contribution in [1.29, 1.82) is 0 Å². The maximum atomic E-state index is 11.8. The first kappa shape index (κ1) is 23.7. The number of carbonyl (C=O) groups is 1. The van der Waals surface area contributed by atoms with E-state index in [0.717, 1.165) is 44.0 Å². The van der Waals surface area contributed by atoms with Crippen LogP contribution in [-0.4, -0.2) is 42.8 Å². The molecule has 164 valence electrons. The van der Waals surface area contributed by atoms with Crippen molar-refractivity contribution in [2.45, 2.75) is 52.6 Å². The first-order chi connectivity index (χ1) is 14.2. The van der Waals surface area contributed by atoms with Crippen molar-refractivity contribution in [3.05, 3.63) is 45.9 Å². The van der Waals surface area contributed by atoms with E-state index in [1.165, 1.54) is 10.6 Å². The molecule has 1 amide bonds. The second kappa shape index (κ2) is 11.5. The number of ether oxygens (including phenoxy) is 1. The van der Waals surface area contributed by atoms with Crippen LogP contribution in [0.2, 0.25) is 0 Å². The van der Waals surface area contributed by atoms with E-state index in [9.17, 15) is 4.79 Å². The van der Waals surface area contributed by atoms with Crippen LogP contribution in [0.15, 0.2) is 34.6 Å². The molecule has 1 heterocycles. The van der Waals surface area contributed by atoms with Gasteiger partial charge in [-0.15, -0.1) is 11.3 Å². The fourth-order valence-corrected chi connectivity index (χ4v) is 3.50. The van der Waals surface area contributed by atoms with E-state index in [0.29, 0.717) is 5.69 Å². The molecule has 0 aliphatic rings. The van der Waals surface area contributed by atoms with Gasteiger partial charge in [-0.1, -0.05) is 12.1 Å². The maximum Gasteiger partial charge on any atom is 0.412 e. The summed E-state index contributed by atoms with van der Waals surface area (Å²) in [5, 5.41) is 12.7. The Labute approximate surface area is 183 Å². The molecule has 1 aromatic carbocycles. The minimum atomic E-state index is -0.512. The second-order valence-corrected chi connectivity index (χ2v) is 8.93. The quantitative estimate of drug-likeness (QED) is 0.332. The van der Waals surface area contributed by atoms with Crippen LogP contribution in [-0.2, 0) is 17.6 Å². The molecule has 0 radical (unpaired) electrons. The molecule has 3 N–H and O–H groups in total. The number of aromatic nitrogens is 1. The van der Waals surface area contributed by atoms with E-state index in [4.69, 9.17) is 4.74 Å². The largest absolute Gasteiger partial charge is 0.444 e. The average molecular weight is 432 g/mol. The lowest BCUT2D eigenvalue weighted by molar-refractivity contribution is 0.0636. The molecule has 0 atom stereocenters. The Hall–Kier alpha value is -2.61. The third-order valence-corrected chi connectivity index (χ3v) is 5.08. The molecule has 0 aliphatic heterocycles. The predicted octanol–water partition coefficient (Wildman–Crippen LogP) is 4.14. The summed E-state index contributed by atoms with van der Waals surface area (Å²) in [7, 11) is 1.77. The van der Waals surface area contributed by atoms with Gasteiger partial charge in [0.05, 0.1) is 5.01 Å². The fourth-order valence-electron chi connectivity index (χ4n) is 2.69. The number of thiazole rings is 1. The van der Waals surface area contributed by atoms with E-state index < -0.39 is 11.7 Å². The summed E-state index contributed by atoms with van der Waals surface area (Å²) >= 11 is 1.72. The number of anilines is 1. The van der Waals surface area contributed by atoms with Gasteiger partial charge in [-0.2, -0.15) is 0 Å². The highest BCUT2D eigenvalue weighted by atomic mass is 32.1.